The first-order chi connectivity index (χ1) is 11.6. The zero-order chi connectivity index (χ0) is 17.4. The standard InChI is InChI=1S/C19H31N3O2/c1-15(2)16-6-8-18(9-7-16)24-12-10-21-19(23)14-22-11-4-5-17(13-22)20-3/h6-9,15,17,20H,4-5,10-14H2,1-3H3,(H,21,23). The van der Waals surface area contributed by atoms with E-state index in [0.717, 1.165) is 25.3 Å². The van der Waals surface area contributed by atoms with Gasteiger partial charge < -0.3 is 15.4 Å². The van der Waals surface area contributed by atoms with E-state index < -0.39 is 0 Å². The summed E-state index contributed by atoms with van der Waals surface area (Å²) < 4.78 is 5.68. The minimum Gasteiger partial charge on any atom is -0.492 e. The molecule has 5 nitrogen and oxygen atoms in total. The van der Waals surface area contributed by atoms with Crippen molar-refractivity contribution >= 4 is 5.91 Å². The Kier molecular flexibility index (Phi) is 7.53. The van der Waals surface area contributed by atoms with Gasteiger partial charge in [0, 0.05) is 12.6 Å². The van der Waals surface area contributed by atoms with E-state index in [-0.39, 0.29) is 5.91 Å². The number of ether oxygens (including phenoxy) is 1. The lowest BCUT2D eigenvalue weighted by Crippen LogP contribution is -2.48. The van der Waals surface area contributed by atoms with Crippen LogP contribution in [0.25, 0.3) is 0 Å². The Morgan fingerprint density at radius 3 is 2.75 bits per heavy atom. The third-order valence-electron chi connectivity index (χ3n) is 4.52. The highest BCUT2D eigenvalue weighted by Crippen LogP contribution is 2.18. The fourth-order valence-electron chi connectivity index (χ4n) is 3.00. The van der Waals surface area contributed by atoms with Crippen molar-refractivity contribution < 1.29 is 9.53 Å². The number of rotatable bonds is 8. The molecule has 2 N–H and O–H groups in total. The highest BCUT2D eigenvalue weighted by atomic mass is 16.5. The zero-order valence-electron chi connectivity index (χ0n) is 15.2. The van der Waals surface area contributed by atoms with Gasteiger partial charge in [-0.25, -0.2) is 0 Å². The van der Waals surface area contributed by atoms with Gasteiger partial charge in [0.25, 0.3) is 0 Å². The minimum absolute atomic E-state index is 0.0745. The molecule has 1 aliphatic heterocycles. The Labute approximate surface area is 145 Å². The molecule has 1 aromatic carbocycles. The highest BCUT2D eigenvalue weighted by Gasteiger charge is 2.19. The average molecular weight is 333 g/mol. The Bertz CT molecular complexity index is 502. The predicted octanol–water partition coefficient (Wildman–Crippen LogP) is 1.99. The van der Waals surface area contributed by atoms with Crippen molar-refractivity contribution in [2.75, 3.05) is 39.8 Å². The molecule has 1 aliphatic rings. The van der Waals surface area contributed by atoms with Crippen LogP contribution >= 0.6 is 0 Å². The van der Waals surface area contributed by atoms with Gasteiger partial charge in [-0.3, -0.25) is 9.69 Å². The molecule has 0 saturated carbocycles. The molecule has 2 rings (SSSR count). The second-order valence-corrected chi connectivity index (χ2v) is 6.79. The molecule has 1 fully saturated rings. The SMILES string of the molecule is CNC1CCCN(CC(=O)NCCOc2ccc(C(C)C)cc2)C1. The summed E-state index contributed by atoms with van der Waals surface area (Å²) in [6.45, 7) is 7.80. The summed E-state index contributed by atoms with van der Waals surface area (Å²) >= 11 is 0. The van der Waals surface area contributed by atoms with Crippen LogP contribution in [-0.4, -0.2) is 56.7 Å². The molecule has 0 aromatic heterocycles. The molecule has 24 heavy (non-hydrogen) atoms. The van der Waals surface area contributed by atoms with E-state index in [9.17, 15) is 4.79 Å². The van der Waals surface area contributed by atoms with E-state index in [2.05, 4.69) is 41.5 Å². The van der Waals surface area contributed by atoms with E-state index in [1.54, 1.807) is 0 Å². The monoisotopic (exact) mass is 333 g/mol. The minimum atomic E-state index is 0.0745. The lowest BCUT2D eigenvalue weighted by atomic mass is 10.0. The fourth-order valence-corrected chi connectivity index (χ4v) is 3.00. The molecular formula is C19H31N3O2. The summed E-state index contributed by atoms with van der Waals surface area (Å²) in [4.78, 5) is 14.2. The molecule has 0 aliphatic carbocycles. The maximum absolute atomic E-state index is 12.0. The van der Waals surface area contributed by atoms with Gasteiger partial charge in [0.15, 0.2) is 0 Å². The van der Waals surface area contributed by atoms with Crippen molar-refractivity contribution in [1.29, 1.82) is 0 Å². The fraction of sp³-hybridized carbons (Fsp3) is 0.632. The van der Waals surface area contributed by atoms with Crippen molar-refractivity contribution in [3.05, 3.63) is 29.8 Å². The van der Waals surface area contributed by atoms with Gasteiger partial charge in [-0.05, 0) is 50.0 Å². The van der Waals surface area contributed by atoms with Gasteiger partial charge in [-0.1, -0.05) is 26.0 Å². The quantitative estimate of drug-likeness (QED) is 0.715. The number of benzene rings is 1. The summed E-state index contributed by atoms with van der Waals surface area (Å²) in [6.07, 6.45) is 2.34. The lowest BCUT2D eigenvalue weighted by Gasteiger charge is -2.31. The highest BCUT2D eigenvalue weighted by molar-refractivity contribution is 5.78. The molecule has 1 atom stereocenters. The Morgan fingerprint density at radius 1 is 1.33 bits per heavy atom. The van der Waals surface area contributed by atoms with Gasteiger partial charge in [-0.2, -0.15) is 0 Å². The van der Waals surface area contributed by atoms with E-state index in [4.69, 9.17) is 4.74 Å². The molecule has 1 amide bonds. The van der Waals surface area contributed by atoms with Crippen LogP contribution in [0.2, 0.25) is 0 Å². The van der Waals surface area contributed by atoms with Gasteiger partial charge in [0.05, 0.1) is 13.1 Å². The number of hydrogen-bond donors (Lipinski definition) is 2. The first-order valence-electron chi connectivity index (χ1n) is 8.97. The number of carbonyl (C=O) groups is 1. The summed E-state index contributed by atoms with van der Waals surface area (Å²) in [7, 11) is 1.99. The molecule has 1 saturated heterocycles. The second kappa shape index (κ2) is 9.64. The van der Waals surface area contributed by atoms with Crippen molar-refractivity contribution in [3.8, 4) is 5.75 Å². The largest absolute Gasteiger partial charge is 0.492 e. The first-order valence-corrected chi connectivity index (χ1v) is 8.97. The van der Waals surface area contributed by atoms with Crippen LogP contribution in [0.5, 0.6) is 5.75 Å². The average Bonchev–Trinajstić information content (AvgIpc) is 2.59. The van der Waals surface area contributed by atoms with E-state index in [1.165, 1.54) is 12.0 Å². The molecule has 0 bridgehead atoms. The summed E-state index contributed by atoms with van der Waals surface area (Å²) in [5.41, 5.74) is 1.30. The van der Waals surface area contributed by atoms with E-state index >= 15 is 0 Å². The summed E-state index contributed by atoms with van der Waals surface area (Å²) in [5.74, 6) is 1.45. The van der Waals surface area contributed by atoms with Crippen LogP contribution in [0.3, 0.4) is 0 Å². The molecule has 0 spiro atoms. The Morgan fingerprint density at radius 2 is 2.08 bits per heavy atom. The normalized spacial score (nSPS) is 18.6. The van der Waals surface area contributed by atoms with Gasteiger partial charge in [0.2, 0.25) is 5.91 Å². The smallest absolute Gasteiger partial charge is 0.234 e. The number of likely N-dealkylation sites (N-methyl/N-ethyl adjacent to an activating group) is 1. The van der Waals surface area contributed by atoms with Crippen LogP contribution < -0.4 is 15.4 Å². The molecule has 0 radical (unpaired) electrons. The third kappa shape index (κ3) is 6.13. The molecule has 1 aromatic rings. The first kappa shape index (κ1) is 18.7. The Balaban J connectivity index is 1.62. The molecule has 1 unspecified atom stereocenters. The third-order valence-corrected chi connectivity index (χ3v) is 4.52. The van der Waals surface area contributed by atoms with Crippen LogP contribution in [0.15, 0.2) is 24.3 Å². The second-order valence-electron chi connectivity index (χ2n) is 6.79. The number of carbonyl (C=O) groups excluding carboxylic acids is 1. The molecule has 134 valence electrons. The molecule has 1 heterocycles. The maximum atomic E-state index is 12.0. The number of piperidine rings is 1. The maximum Gasteiger partial charge on any atom is 0.234 e. The predicted molar refractivity (Wildman–Crippen MR) is 97.6 cm³/mol. The van der Waals surface area contributed by atoms with Crippen molar-refractivity contribution in [3.63, 3.8) is 0 Å². The van der Waals surface area contributed by atoms with Gasteiger partial charge in [0.1, 0.15) is 12.4 Å². The van der Waals surface area contributed by atoms with Gasteiger partial charge >= 0.3 is 0 Å². The number of nitrogens with one attached hydrogen (secondary N) is 2. The zero-order valence-corrected chi connectivity index (χ0v) is 15.2. The summed E-state index contributed by atoms with van der Waals surface area (Å²) in [6, 6.07) is 8.66. The Hall–Kier alpha value is -1.59. The van der Waals surface area contributed by atoms with E-state index in [1.807, 2.05) is 19.2 Å². The van der Waals surface area contributed by atoms with Gasteiger partial charge in [-0.15, -0.1) is 0 Å². The van der Waals surface area contributed by atoms with Crippen LogP contribution in [0.4, 0.5) is 0 Å². The number of likely N-dealkylation sites (tertiary alicyclic amines) is 1. The van der Waals surface area contributed by atoms with Crippen molar-refractivity contribution in [2.45, 2.75) is 38.6 Å². The molecule has 5 heteroatoms. The van der Waals surface area contributed by atoms with E-state index in [0.29, 0.717) is 31.7 Å². The van der Waals surface area contributed by atoms with Crippen LogP contribution in [0.1, 0.15) is 38.2 Å². The number of nitrogens with zero attached hydrogens (tertiary/aromatic N) is 1. The summed E-state index contributed by atoms with van der Waals surface area (Å²) in [5, 5.41) is 6.23. The van der Waals surface area contributed by atoms with Crippen LogP contribution in [0, 0.1) is 0 Å². The molecular weight excluding hydrogens is 302 g/mol. The lowest BCUT2D eigenvalue weighted by molar-refractivity contribution is -0.122. The van der Waals surface area contributed by atoms with Crippen molar-refractivity contribution in [2.24, 2.45) is 0 Å². The topological polar surface area (TPSA) is 53.6 Å². The van der Waals surface area contributed by atoms with Crippen molar-refractivity contribution in [1.82, 2.24) is 15.5 Å². The number of hydrogen-bond acceptors (Lipinski definition) is 4. The number of amides is 1. The van der Waals surface area contributed by atoms with Crippen LogP contribution in [-0.2, 0) is 4.79 Å².